The third kappa shape index (κ3) is 4.21. The summed E-state index contributed by atoms with van der Waals surface area (Å²) in [7, 11) is 0. The molecule has 0 aliphatic heterocycles. The predicted molar refractivity (Wildman–Crippen MR) is 112 cm³/mol. The van der Waals surface area contributed by atoms with Gasteiger partial charge in [0.25, 0.3) is 0 Å². The van der Waals surface area contributed by atoms with Crippen LogP contribution in [0.3, 0.4) is 0 Å². The molecule has 2 amide bonds. The van der Waals surface area contributed by atoms with Crippen LogP contribution in [0.4, 0.5) is 4.79 Å². The lowest BCUT2D eigenvalue weighted by atomic mass is 9.98. The SMILES string of the molecule is CC(C)C[C@@H](C(=O)O)N(C(=O)CN)C(=O)OCC1c2ccccc2-c2ccccc21. The zero-order valence-electron chi connectivity index (χ0n) is 17.1. The minimum Gasteiger partial charge on any atom is -0.480 e. The highest BCUT2D eigenvalue weighted by atomic mass is 16.6. The molecule has 158 valence electrons. The second-order valence-corrected chi connectivity index (χ2v) is 7.76. The van der Waals surface area contributed by atoms with E-state index in [1.54, 1.807) is 0 Å². The average Bonchev–Trinajstić information content (AvgIpc) is 3.05. The Hall–Kier alpha value is -3.19. The maximum absolute atomic E-state index is 12.8. The van der Waals surface area contributed by atoms with E-state index >= 15 is 0 Å². The van der Waals surface area contributed by atoms with Gasteiger partial charge in [0.2, 0.25) is 5.91 Å². The van der Waals surface area contributed by atoms with E-state index in [4.69, 9.17) is 10.5 Å². The quantitative estimate of drug-likeness (QED) is 0.725. The van der Waals surface area contributed by atoms with Crippen LogP contribution in [-0.2, 0) is 14.3 Å². The van der Waals surface area contributed by atoms with Crippen LogP contribution in [0.15, 0.2) is 48.5 Å². The van der Waals surface area contributed by atoms with Crippen molar-refractivity contribution in [2.24, 2.45) is 11.7 Å². The first-order chi connectivity index (χ1) is 14.3. The summed E-state index contributed by atoms with van der Waals surface area (Å²) in [5.41, 5.74) is 9.64. The van der Waals surface area contributed by atoms with E-state index in [-0.39, 0.29) is 24.9 Å². The molecule has 30 heavy (non-hydrogen) atoms. The Morgan fingerprint density at radius 2 is 1.57 bits per heavy atom. The Kier molecular flexibility index (Phi) is 6.52. The number of aliphatic carboxylic acids is 1. The fraction of sp³-hybridized carbons (Fsp3) is 0.348. The fourth-order valence-corrected chi connectivity index (χ4v) is 3.93. The van der Waals surface area contributed by atoms with E-state index < -0.39 is 30.6 Å². The van der Waals surface area contributed by atoms with E-state index in [0.717, 1.165) is 22.3 Å². The monoisotopic (exact) mass is 410 g/mol. The number of carbonyl (C=O) groups excluding carboxylic acids is 2. The van der Waals surface area contributed by atoms with Gasteiger partial charge in [-0.1, -0.05) is 62.4 Å². The summed E-state index contributed by atoms with van der Waals surface area (Å²) < 4.78 is 5.48. The molecule has 3 rings (SSSR count). The molecule has 0 saturated heterocycles. The zero-order chi connectivity index (χ0) is 21.8. The van der Waals surface area contributed by atoms with Gasteiger partial charge in [-0.25, -0.2) is 14.5 Å². The Bertz CT molecular complexity index is 911. The number of amides is 2. The third-order valence-corrected chi connectivity index (χ3v) is 5.27. The summed E-state index contributed by atoms with van der Waals surface area (Å²) in [5.74, 6) is -2.27. The van der Waals surface area contributed by atoms with E-state index in [1.807, 2.05) is 62.4 Å². The molecule has 0 saturated carbocycles. The van der Waals surface area contributed by atoms with E-state index in [1.165, 1.54) is 0 Å². The topological polar surface area (TPSA) is 110 Å². The molecule has 7 heteroatoms. The summed E-state index contributed by atoms with van der Waals surface area (Å²) in [5, 5.41) is 9.58. The Morgan fingerprint density at radius 3 is 2.03 bits per heavy atom. The number of fused-ring (bicyclic) bond motifs is 3. The number of nitrogens with zero attached hydrogens (tertiary/aromatic N) is 1. The van der Waals surface area contributed by atoms with Gasteiger partial charge in [-0.3, -0.25) is 4.79 Å². The van der Waals surface area contributed by atoms with Crippen molar-refractivity contribution in [2.75, 3.05) is 13.2 Å². The van der Waals surface area contributed by atoms with Gasteiger partial charge in [-0.05, 0) is 34.6 Å². The zero-order valence-corrected chi connectivity index (χ0v) is 17.1. The molecule has 0 unspecified atom stereocenters. The number of nitrogens with two attached hydrogens (primary N) is 1. The van der Waals surface area contributed by atoms with Gasteiger partial charge < -0.3 is 15.6 Å². The first kappa shape index (κ1) is 21.5. The maximum Gasteiger partial charge on any atom is 0.417 e. The molecule has 0 fully saturated rings. The van der Waals surface area contributed by atoms with Gasteiger partial charge in [0.05, 0.1) is 6.54 Å². The molecule has 0 radical (unpaired) electrons. The average molecular weight is 410 g/mol. The smallest absolute Gasteiger partial charge is 0.417 e. The van der Waals surface area contributed by atoms with Crippen LogP contribution >= 0.6 is 0 Å². The number of carboxylic acids is 1. The molecule has 3 N–H and O–H groups in total. The summed E-state index contributed by atoms with van der Waals surface area (Å²) in [4.78, 5) is 37.5. The third-order valence-electron chi connectivity index (χ3n) is 5.27. The van der Waals surface area contributed by atoms with Crippen LogP contribution in [0.1, 0.15) is 37.3 Å². The number of carboxylic acid groups (broad SMARTS) is 1. The molecule has 1 atom stereocenters. The highest BCUT2D eigenvalue weighted by Crippen LogP contribution is 2.44. The van der Waals surface area contributed by atoms with Gasteiger partial charge >= 0.3 is 12.1 Å². The molecular weight excluding hydrogens is 384 g/mol. The lowest BCUT2D eigenvalue weighted by Crippen LogP contribution is -2.51. The molecule has 7 nitrogen and oxygen atoms in total. The number of ether oxygens (including phenoxy) is 1. The van der Waals surface area contributed by atoms with Gasteiger partial charge in [0.1, 0.15) is 12.6 Å². The number of carbonyl (C=O) groups is 3. The van der Waals surface area contributed by atoms with Crippen LogP contribution in [0.25, 0.3) is 11.1 Å². The van der Waals surface area contributed by atoms with Gasteiger partial charge in [-0.2, -0.15) is 0 Å². The first-order valence-electron chi connectivity index (χ1n) is 9.95. The van der Waals surface area contributed by atoms with E-state index in [9.17, 15) is 19.5 Å². The summed E-state index contributed by atoms with van der Waals surface area (Å²) in [6.45, 7) is 3.15. The van der Waals surface area contributed by atoms with Crippen LogP contribution < -0.4 is 5.73 Å². The minimum atomic E-state index is -1.32. The molecule has 2 aromatic rings. The van der Waals surface area contributed by atoms with Crippen LogP contribution in [0.2, 0.25) is 0 Å². The standard InChI is InChI=1S/C23H26N2O5/c1-14(2)11-20(22(27)28)25(21(26)12-24)23(29)30-13-19-17-9-5-3-7-15(17)16-8-4-6-10-18(16)19/h3-10,14,19-20H,11-13,24H2,1-2H3,(H,27,28)/t20-/m0/s1. The molecule has 0 bridgehead atoms. The molecule has 2 aromatic carbocycles. The minimum absolute atomic E-state index is 0.00473. The number of imide groups is 1. The van der Waals surface area contributed by atoms with Gasteiger partial charge in [0.15, 0.2) is 0 Å². The van der Waals surface area contributed by atoms with Crippen LogP contribution in [0, 0.1) is 5.92 Å². The predicted octanol–water partition coefficient (Wildman–Crippen LogP) is 3.22. The molecule has 1 aliphatic carbocycles. The van der Waals surface area contributed by atoms with Crippen molar-refractivity contribution in [1.29, 1.82) is 0 Å². The van der Waals surface area contributed by atoms with Gasteiger partial charge in [0, 0.05) is 5.92 Å². The van der Waals surface area contributed by atoms with Crippen molar-refractivity contribution in [3.8, 4) is 11.1 Å². The summed E-state index contributed by atoms with van der Waals surface area (Å²) >= 11 is 0. The number of rotatable bonds is 7. The highest BCUT2D eigenvalue weighted by Gasteiger charge is 2.37. The van der Waals surface area contributed by atoms with Crippen molar-refractivity contribution in [3.05, 3.63) is 59.7 Å². The van der Waals surface area contributed by atoms with Crippen LogP contribution in [0.5, 0.6) is 0 Å². The number of hydrogen-bond donors (Lipinski definition) is 2. The first-order valence-corrected chi connectivity index (χ1v) is 9.95. The van der Waals surface area contributed by atoms with Crippen molar-refractivity contribution in [3.63, 3.8) is 0 Å². The van der Waals surface area contributed by atoms with Gasteiger partial charge in [-0.15, -0.1) is 0 Å². The van der Waals surface area contributed by atoms with E-state index in [0.29, 0.717) is 4.90 Å². The molecular formula is C23H26N2O5. The Balaban J connectivity index is 1.83. The Labute approximate surface area is 175 Å². The lowest BCUT2D eigenvalue weighted by molar-refractivity contribution is -0.149. The summed E-state index contributed by atoms with van der Waals surface area (Å²) in [6, 6.07) is 14.4. The number of benzene rings is 2. The second-order valence-electron chi connectivity index (χ2n) is 7.76. The Morgan fingerprint density at radius 1 is 1.03 bits per heavy atom. The molecule has 0 aromatic heterocycles. The summed E-state index contributed by atoms with van der Waals surface area (Å²) in [6.07, 6.45) is -0.869. The second kappa shape index (κ2) is 9.09. The molecule has 1 aliphatic rings. The van der Waals surface area contributed by atoms with Crippen molar-refractivity contribution in [2.45, 2.75) is 32.2 Å². The van der Waals surface area contributed by atoms with Crippen LogP contribution in [-0.4, -0.2) is 47.2 Å². The van der Waals surface area contributed by atoms with Crippen molar-refractivity contribution >= 4 is 18.0 Å². The number of hydrogen-bond acceptors (Lipinski definition) is 5. The van der Waals surface area contributed by atoms with Crippen molar-refractivity contribution in [1.82, 2.24) is 4.90 Å². The highest BCUT2D eigenvalue weighted by molar-refractivity contribution is 5.97. The maximum atomic E-state index is 12.8. The normalized spacial score (nSPS) is 13.5. The molecule has 0 spiro atoms. The largest absolute Gasteiger partial charge is 0.480 e. The van der Waals surface area contributed by atoms with Crippen molar-refractivity contribution < 1.29 is 24.2 Å². The van der Waals surface area contributed by atoms with E-state index in [2.05, 4.69) is 0 Å². The molecule has 0 heterocycles. The fourth-order valence-electron chi connectivity index (χ4n) is 3.93. The lowest BCUT2D eigenvalue weighted by Gasteiger charge is -2.28.